The minimum Gasteiger partial charge on any atom is -0.494 e. The second-order valence-corrected chi connectivity index (χ2v) is 9.76. The van der Waals surface area contributed by atoms with Crippen molar-refractivity contribution in [2.24, 2.45) is 5.92 Å². The van der Waals surface area contributed by atoms with E-state index in [0.29, 0.717) is 31.1 Å². The lowest BCUT2D eigenvalue weighted by molar-refractivity contribution is -0.135. The molecule has 5 rings (SSSR count). The van der Waals surface area contributed by atoms with Gasteiger partial charge in [-0.15, -0.1) is 0 Å². The Labute approximate surface area is 212 Å². The summed E-state index contributed by atoms with van der Waals surface area (Å²) in [6, 6.07) is 15.3. The largest absolute Gasteiger partial charge is 0.494 e. The smallest absolute Gasteiger partial charge is 0.325 e. The summed E-state index contributed by atoms with van der Waals surface area (Å²) in [6.45, 7) is 7.65. The van der Waals surface area contributed by atoms with Crippen LogP contribution in [0, 0.1) is 5.92 Å². The van der Waals surface area contributed by atoms with Gasteiger partial charge in [0.1, 0.15) is 17.9 Å². The van der Waals surface area contributed by atoms with E-state index in [1.54, 1.807) is 0 Å². The van der Waals surface area contributed by atoms with Gasteiger partial charge in [-0.1, -0.05) is 37.3 Å². The minimum atomic E-state index is -0.861. The highest BCUT2D eigenvalue weighted by Crippen LogP contribution is 2.37. The molecule has 8 nitrogen and oxygen atoms in total. The zero-order valence-electron chi connectivity index (χ0n) is 21.1. The number of carbonyl (C=O) groups excluding carboxylic acids is 2. The molecule has 2 aromatic carbocycles. The predicted octanol–water partition coefficient (Wildman–Crippen LogP) is 3.84. The second kappa shape index (κ2) is 10.4. The van der Waals surface area contributed by atoms with E-state index in [9.17, 15) is 9.59 Å². The fraction of sp³-hybridized carbons (Fsp3) is 0.500. The molecule has 0 aromatic heterocycles. The zero-order chi connectivity index (χ0) is 25.1. The molecule has 8 heteroatoms. The summed E-state index contributed by atoms with van der Waals surface area (Å²) in [5.74, 6) is 2.20. The number of carbonyl (C=O) groups is 2. The van der Waals surface area contributed by atoms with Gasteiger partial charge in [-0.05, 0) is 63.4 Å². The number of ether oxygens (including phenoxy) is 3. The van der Waals surface area contributed by atoms with Gasteiger partial charge in [0, 0.05) is 12.1 Å². The quantitative estimate of drug-likeness (QED) is 0.563. The Morgan fingerprint density at radius 1 is 1.03 bits per heavy atom. The number of urea groups is 1. The molecule has 2 saturated heterocycles. The summed E-state index contributed by atoms with van der Waals surface area (Å²) in [7, 11) is 0. The van der Waals surface area contributed by atoms with E-state index >= 15 is 0 Å². The van der Waals surface area contributed by atoms with Gasteiger partial charge in [0.05, 0.1) is 13.2 Å². The monoisotopic (exact) mass is 493 g/mol. The number of hydrogen-bond acceptors (Lipinski definition) is 6. The fourth-order valence-corrected chi connectivity index (χ4v) is 5.73. The number of imide groups is 1. The van der Waals surface area contributed by atoms with Crippen molar-refractivity contribution in [3.63, 3.8) is 0 Å². The molecule has 3 amide bonds. The first-order valence-electron chi connectivity index (χ1n) is 13.0. The van der Waals surface area contributed by atoms with Crippen molar-refractivity contribution in [1.29, 1.82) is 0 Å². The highest BCUT2D eigenvalue weighted by molar-refractivity contribution is 6.07. The van der Waals surface area contributed by atoms with Gasteiger partial charge in [-0.2, -0.15) is 0 Å². The molecule has 0 radical (unpaired) electrons. The Morgan fingerprint density at radius 2 is 1.75 bits per heavy atom. The van der Waals surface area contributed by atoms with E-state index in [1.165, 1.54) is 10.5 Å². The summed E-state index contributed by atoms with van der Waals surface area (Å²) in [4.78, 5) is 30.4. The SMILES string of the molecule is CCOc1ccccc1CN1CCC(C2(CC)NC(=O)N(CC3COc4ccccc4O3)C2=O)CC1. The number of amides is 3. The van der Waals surface area contributed by atoms with E-state index in [1.807, 2.05) is 56.3 Å². The van der Waals surface area contributed by atoms with Crippen LogP contribution in [0.3, 0.4) is 0 Å². The third-order valence-corrected chi connectivity index (χ3v) is 7.66. The first-order chi connectivity index (χ1) is 17.5. The van der Waals surface area contributed by atoms with Gasteiger partial charge in [0.15, 0.2) is 17.6 Å². The minimum absolute atomic E-state index is 0.0894. The van der Waals surface area contributed by atoms with Crippen LogP contribution in [-0.4, -0.2) is 66.2 Å². The standard InChI is InChI=1S/C28H35N3O5/c1-3-28(21-13-15-30(16-14-21)17-20-9-5-6-10-23(20)34-4-2)26(32)31(27(33)29-28)18-22-19-35-24-11-7-8-12-25(24)36-22/h5-12,21-22H,3-4,13-19H2,1-2H3,(H,29,33). The number of fused-ring (bicyclic) bond motifs is 1. The lowest BCUT2D eigenvalue weighted by Crippen LogP contribution is -2.56. The maximum Gasteiger partial charge on any atom is 0.325 e. The molecular weight excluding hydrogens is 458 g/mol. The van der Waals surface area contributed by atoms with Crippen molar-refractivity contribution >= 4 is 11.9 Å². The van der Waals surface area contributed by atoms with Crippen LogP contribution in [0.15, 0.2) is 48.5 Å². The Morgan fingerprint density at radius 3 is 2.50 bits per heavy atom. The summed E-state index contributed by atoms with van der Waals surface area (Å²) in [5, 5.41) is 3.09. The van der Waals surface area contributed by atoms with Gasteiger partial charge in [-0.25, -0.2) is 4.79 Å². The number of nitrogens with zero attached hydrogens (tertiary/aromatic N) is 2. The van der Waals surface area contributed by atoms with E-state index < -0.39 is 11.6 Å². The second-order valence-electron chi connectivity index (χ2n) is 9.76. The molecule has 36 heavy (non-hydrogen) atoms. The van der Waals surface area contributed by atoms with Crippen LogP contribution >= 0.6 is 0 Å². The van der Waals surface area contributed by atoms with Crippen LogP contribution < -0.4 is 19.5 Å². The molecule has 0 aliphatic carbocycles. The predicted molar refractivity (Wildman–Crippen MR) is 135 cm³/mol. The molecule has 2 aromatic rings. The van der Waals surface area contributed by atoms with Crippen molar-refractivity contribution in [2.75, 3.05) is 32.8 Å². The highest BCUT2D eigenvalue weighted by atomic mass is 16.6. The van der Waals surface area contributed by atoms with Crippen LogP contribution in [0.4, 0.5) is 4.79 Å². The lowest BCUT2D eigenvalue weighted by Gasteiger charge is -2.40. The molecule has 2 atom stereocenters. The third-order valence-electron chi connectivity index (χ3n) is 7.66. The Bertz CT molecular complexity index is 1100. The number of para-hydroxylation sites is 3. The van der Waals surface area contributed by atoms with E-state index in [2.05, 4.69) is 16.3 Å². The van der Waals surface area contributed by atoms with Crippen LogP contribution in [0.1, 0.15) is 38.7 Å². The summed E-state index contributed by atoms with van der Waals surface area (Å²) in [5.41, 5.74) is 0.315. The summed E-state index contributed by atoms with van der Waals surface area (Å²) >= 11 is 0. The van der Waals surface area contributed by atoms with Crippen molar-refractivity contribution < 1.29 is 23.8 Å². The Kier molecular flexibility index (Phi) is 7.05. The number of hydrogen-bond donors (Lipinski definition) is 1. The maximum atomic E-state index is 13.7. The van der Waals surface area contributed by atoms with Gasteiger partial charge in [0.2, 0.25) is 0 Å². The van der Waals surface area contributed by atoms with Gasteiger partial charge in [0.25, 0.3) is 5.91 Å². The molecule has 3 aliphatic rings. The van der Waals surface area contributed by atoms with Crippen LogP contribution in [0.2, 0.25) is 0 Å². The van der Waals surface area contributed by atoms with Crippen molar-refractivity contribution in [1.82, 2.24) is 15.1 Å². The molecule has 2 unspecified atom stereocenters. The molecule has 0 spiro atoms. The number of piperidine rings is 1. The first kappa shape index (κ1) is 24.4. The molecule has 0 bridgehead atoms. The summed E-state index contributed by atoms with van der Waals surface area (Å²) < 4.78 is 17.6. The molecule has 0 saturated carbocycles. The first-order valence-corrected chi connectivity index (χ1v) is 13.0. The zero-order valence-corrected chi connectivity index (χ0v) is 21.1. The van der Waals surface area contributed by atoms with E-state index in [0.717, 1.165) is 38.2 Å². The fourth-order valence-electron chi connectivity index (χ4n) is 5.73. The molecule has 3 aliphatic heterocycles. The molecule has 192 valence electrons. The van der Waals surface area contributed by atoms with Crippen molar-refractivity contribution in [3.05, 3.63) is 54.1 Å². The third kappa shape index (κ3) is 4.62. The van der Waals surface area contributed by atoms with Crippen molar-refractivity contribution in [3.8, 4) is 17.2 Å². The normalized spacial score (nSPS) is 24.6. The van der Waals surface area contributed by atoms with Gasteiger partial charge < -0.3 is 19.5 Å². The van der Waals surface area contributed by atoms with Crippen LogP contribution in [0.25, 0.3) is 0 Å². The van der Waals surface area contributed by atoms with E-state index in [4.69, 9.17) is 14.2 Å². The average Bonchev–Trinajstić information content (AvgIpc) is 3.15. The summed E-state index contributed by atoms with van der Waals surface area (Å²) in [6.07, 6.45) is 1.87. The molecule has 1 N–H and O–H groups in total. The van der Waals surface area contributed by atoms with Gasteiger partial charge in [-0.3, -0.25) is 14.6 Å². The molecule has 2 fully saturated rings. The topological polar surface area (TPSA) is 80.3 Å². The van der Waals surface area contributed by atoms with Gasteiger partial charge >= 0.3 is 6.03 Å². The molecule has 3 heterocycles. The highest BCUT2D eigenvalue weighted by Gasteiger charge is 2.55. The van der Waals surface area contributed by atoms with E-state index in [-0.39, 0.29) is 24.4 Å². The number of nitrogens with one attached hydrogen (secondary N) is 1. The number of rotatable bonds is 8. The van der Waals surface area contributed by atoms with Crippen LogP contribution in [0.5, 0.6) is 17.2 Å². The number of benzene rings is 2. The average molecular weight is 494 g/mol. The van der Waals surface area contributed by atoms with Crippen LogP contribution in [-0.2, 0) is 11.3 Å². The Balaban J connectivity index is 1.22. The molecular formula is C28H35N3O5. The Hall–Kier alpha value is -3.26. The maximum absolute atomic E-state index is 13.7. The van der Waals surface area contributed by atoms with Crippen molar-refractivity contribution in [2.45, 2.75) is 51.3 Å². The number of likely N-dealkylation sites (tertiary alicyclic amines) is 1. The lowest BCUT2D eigenvalue weighted by atomic mass is 9.75.